The first-order valence-corrected chi connectivity index (χ1v) is 6.03. The second-order valence-corrected chi connectivity index (χ2v) is 4.91. The molecule has 0 bridgehead atoms. The third-order valence-corrected chi connectivity index (χ3v) is 3.71. The number of hydrogen-bond donors (Lipinski definition) is 0. The van der Waals surface area contributed by atoms with Crippen molar-refractivity contribution in [3.63, 3.8) is 0 Å². The molecule has 1 aromatic carbocycles. The van der Waals surface area contributed by atoms with Crippen LogP contribution in [0.4, 0.5) is 5.69 Å². The van der Waals surface area contributed by atoms with E-state index in [0.29, 0.717) is 12.3 Å². The van der Waals surface area contributed by atoms with Crippen LogP contribution in [-0.2, 0) is 4.79 Å². The molecule has 0 saturated carbocycles. The summed E-state index contributed by atoms with van der Waals surface area (Å²) in [5.41, 5.74) is 4.82. The Morgan fingerprint density at radius 2 is 1.88 bits per heavy atom. The van der Waals surface area contributed by atoms with Gasteiger partial charge in [-0.2, -0.15) is 0 Å². The van der Waals surface area contributed by atoms with Crippen LogP contribution in [0.2, 0.25) is 0 Å². The fourth-order valence-corrected chi connectivity index (χ4v) is 2.31. The zero-order valence-corrected chi connectivity index (χ0v) is 10.8. The number of carbonyl (C=O) groups is 1. The van der Waals surface area contributed by atoms with E-state index < -0.39 is 0 Å². The third-order valence-electron chi connectivity index (χ3n) is 3.71. The predicted octanol–water partition coefficient (Wildman–Crippen LogP) is 3.15. The highest BCUT2D eigenvalue weighted by Crippen LogP contribution is 2.28. The lowest BCUT2D eigenvalue weighted by atomic mass is 10.0. The second kappa shape index (κ2) is 4.36. The van der Waals surface area contributed by atoms with Crippen LogP contribution in [0, 0.1) is 26.7 Å². The third kappa shape index (κ3) is 2.12. The van der Waals surface area contributed by atoms with Gasteiger partial charge in [0.25, 0.3) is 0 Å². The minimum Gasteiger partial charge on any atom is -0.312 e. The Kier molecular flexibility index (Phi) is 3.05. The standard InChI is InChI=1S/C15H19NO/c1-5-13-8-15(17)16(9-13)14-6-10(2)12(4)11(3)7-14/h5-7,13H,1,8-9H2,2-4H3. The van der Waals surface area contributed by atoms with Crippen molar-refractivity contribution in [3.05, 3.63) is 41.5 Å². The summed E-state index contributed by atoms with van der Waals surface area (Å²) in [6, 6.07) is 4.21. The summed E-state index contributed by atoms with van der Waals surface area (Å²) in [5, 5.41) is 0. The van der Waals surface area contributed by atoms with Gasteiger partial charge in [0.2, 0.25) is 5.91 Å². The van der Waals surface area contributed by atoms with Gasteiger partial charge in [-0.3, -0.25) is 4.79 Å². The monoisotopic (exact) mass is 229 g/mol. The second-order valence-electron chi connectivity index (χ2n) is 4.91. The summed E-state index contributed by atoms with van der Waals surface area (Å²) in [5.74, 6) is 0.502. The van der Waals surface area contributed by atoms with Crippen LogP contribution in [0.25, 0.3) is 0 Å². The molecule has 2 nitrogen and oxygen atoms in total. The molecule has 1 fully saturated rings. The van der Waals surface area contributed by atoms with Crippen LogP contribution in [-0.4, -0.2) is 12.5 Å². The molecule has 1 atom stereocenters. The summed E-state index contributed by atoms with van der Waals surface area (Å²) in [4.78, 5) is 13.8. The normalized spacial score (nSPS) is 19.8. The first-order chi connectivity index (χ1) is 8.02. The lowest BCUT2D eigenvalue weighted by molar-refractivity contribution is -0.117. The number of aryl methyl sites for hydroxylation is 2. The Hall–Kier alpha value is -1.57. The van der Waals surface area contributed by atoms with Gasteiger partial charge >= 0.3 is 0 Å². The summed E-state index contributed by atoms with van der Waals surface area (Å²) in [7, 11) is 0. The number of benzene rings is 1. The largest absolute Gasteiger partial charge is 0.312 e. The van der Waals surface area contributed by atoms with E-state index >= 15 is 0 Å². The van der Waals surface area contributed by atoms with Gasteiger partial charge in [0, 0.05) is 24.6 Å². The molecule has 1 aromatic rings. The maximum atomic E-state index is 11.9. The lowest BCUT2D eigenvalue weighted by Crippen LogP contribution is -2.24. The predicted molar refractivity (Wildman–Crippen MR) is 71.3 cm³/mol. The Balaban J connectivity index is 2.35. The average Bonchev–Trinajstić information content (AvgIpc) is 2.67. The van der Waals surface area contributed by atoms with E-state index in [-0.39, 0.29) is 5.91 Å². The zero-order valence-electron chi connectivity index (χ0n) is 10.8. The first-order valence-electron chi connectivity index (χ1n) is 6.03. The summed E-state index contributed by atoms with van der Waals surface area (Å²) >= 11 is 0. The summed E-state index contributed by atoms with van der Waals surface area (Å²) in [6.45, 7) is 10.9. The molecule has 0 aliphatic carbocycles. The Labute approximate surface area is 103 Å². The molecule has 0 N–H and O–H groups in total. The highest BCUT2D eigenvalue weighted by atomic mass is 16.2. The van der Waals surface area contributed by atoms with Crippen molar-refractivity contribution in [2.45, 2.75) is 27.2 Å². The van der Waals surface area contributed by atoms with Crippen LogP contribution in [0.15, 0.2) is 24.8 Å². The van der Waals surface area contributed by atoms with E-state index in [9.17, 15) is 4.79 Å². The highest BCUT2D eigenvalue weighted by Gasteiger charge is 2.28. The van der Waals surface area contributed by atoms with E-state index in [2.05, 4.69) is 39.5 Å². The molecular formula is C15H19NO. The molecule has 1 aliphatic heterocycles. The van der Waals surface area contributed by atoms with Gasteiger partial charge in [-0.1, -0.05) is 6.08 Å². The summed E-state index contributed by atoms with van der Waals surface area (Å²) < 4.78 is 0. The van der Waals surface area contributed by atoms with Crippen LogP contribution < -0.4 is 4.90 Å². The molecule has 0 spiro atoms. The van der Waals surface area contributed by atoms with Crippen LogP contribution in [0.1, 0.15) is 23.1 Å². The van der Waals surface area contributed by atoms with Crippen molar-refractivity contribution in [1.82, 2.24) is 0 Å². The minimum atomic E-state index is 0.206. The Bertz CT molecular complexity index is 453. The van der Waals surface area contributed by atoms with E-state index in [1.54, 1.807) is 0 Å². The molecule has 17 heavy (non-hydrogen) atoms. The average molecular weight is 229 g/mol. The van der Waals surface area contributed by atoms with Crippen molar-refractivity contribution < 1.29 is 4.79 Å². The molecular weight excluding hydrogens is 210 g/mol. The van der Waals surface area contributed by atoms with Gasteiger partial charge in [0.1, 0.15) is 0 Å². The fourth-order valence-electron chi connectivity index (χ4n) is 2.31. The fraction of sp³-hybridized carbons (Fsp3) is 0.400. The SMILES string of the molecule is C=CC1CC(=O)N(c2cc(C)c(C)c(C)c2)C1. The quantitative estimate of drug-likeness (QED) is 0.713. The van der Waals surface area contributed by atoms with E-state index in [1.807, 2.05) is 11.0 Å². The molecule has 2 rings (SSSR count). The van der Waals surface area contributed by atoms with Gasteiger partial charge in [-0.25, -0.2) is 0 Å². The Morgan fingerprint density at radius 1 is 1.29 bits per heavy atom. The van der Waals surface area contributed by atoms with Crippen molar-refractivity contribution in [3.8, 4) is 0 Å². The van der Waals surface area contributed by atoms with Crippen molar-refractivity contribution >= 4 is 11.6 Å². The molecule has 1 saturated heterocycles. The number of anilines is 1. The maximum Gasteiger partial charge on any atom is 0.227 e. The number of nitrogens with zero attached hydrogens (tertiary/aromatic N) is 1. The van der Waals surface area contributed by atoms with E-state index in [4.69, 9.17) is 0 Å². The Morgan fingerprint density at radius 3 is 2.35 bits per heavy atom. The minimum absolute atomic E-state index is 0.206. The van der Waals surface area contributed by atoms with Crippen LogP contribution in [0.3, 0.4) is 0 Å². The summed E-state index contributed by atoms with van der Waals surface area (Å²) in [6.07, 6.45) is 2.47. The molecule has 0 aromatic heterocycles. The molecule has 0 radical (unpaired) electrons. The molecule has 1 unspecified atom stereocenters. The number of rotatable bonds is 2. The van der Waals surface area contributed by atoms with Crippen molar-refractivity contribution in [2.75, 3.05) is 11.4 Å². The molecule has 2 heteroatoms. The van der Waals surface area contributed by atoms with Gasteiger partial charge in [-0.15, -0.1) is 6.58 Å². The van der Waals surface area contributed by atoms with Crippen LogP contribution >= 0.6 is 0 Å². The van der Waals surface area contributed by atoms with Crippen molar-refractivity contribution in [1.29, 1.82) is 0 Å². The lowest BCUT2D eigenvalue weighted by Gasteiger charge is -2.19. The van der Waals surface area contributed by atoms with E-state index in [0.717, 1.165) is 12.2 Å². The highest BCUT2D eigenvalue weighted by molar-refractivity contribution is 5.96. The molecule has 1 heterocycles. The van der Waals surface area contributed by atoms with Crippen LogP contribution in [0.5, 0.6) is 0 Å². The van der Waals surface area contributed by atoms with Crippen molar-refractivity contribution in [2.24, 2.45) is 5.92 Å². The molecule has 1 amide bonds. The molecule has 1 aliphatic rings. The smallest absolute Gasteiger partial charge is 0.227 e. The maximum absolute atomic E-state index is 11.9. The topological polar surface area (TPSA) is 20.3 Å². The zero-order chi connectivity index (χ0) is 12.6. The first kappa shape index (κ1) is 11.9. The van der Waals surface area contributed by atoms with Gasteiger partial charge in [-0.05, 0) is 49.6 Å². The van der Waals surface area contributed by atoms with E-state index in [1.165, 1.54) is 16.7 Å². The van der Waals surface area contributed by atoms with Gasteiger partial charge in [0.15, 0.2) is 0 Å². The number of amides is 1. The number of carbonyl (C=O) groups excluding carboxylic acids is 1. The number of hydrogen-bond acceptors (Lipinski definition) is 1. The van der Waals surface area contributed by atoms with Gasteiger partial charge < -0.3 is 4.90 Å². The van der Waals surface area contributed by atoms with Gasteiger partial charge in [0.05, 0.1) is 0 Å². The molecule has 90 valence electrons.